The number of halogens is 1. The van der Waals surface area contributed by atoms with Crippen molar-refractivity contribution in [3.63, 3.8) is 0 Å². The summed E-state index contributed by atoms with van der Waals surface area (Å²) in [4.78, 5) is 25.1. The number of hydrogen-bond donors (Lipinski definition) is 2. The van der Waals surface area contributed by atoms with Crippen LogP contribution in [-0.2, 0) is 9.59 Å². The van der Waals surface area contributed by atoms with Crippen LogP contribution in [0.15, 0.2) is 60.2 Å². The Hall–Kier alpha value is -4.48. The van der Waals surface area contributed by atoms with Gasteiger partial charge in [-0.05, 0) is 79.1 Å². The molecule has 0 heterocycles. The van der Waals surface area contributed by atoms with E-state index in [1.807, 2.05) is 38.1 Å². The Morgan fingerprint density at radius 2 is 1.76 bits per heavy atom. The monoisotopic (exact) mass is 519 g/mol. The number of aryl methyl sites for hydroxylation is 1. The van der Waals surface area contributed by atoms with E-state index in [1.165, 1.54) is 19.3 Å². The van der Waals surface area contributed by atoms with Crippen molar-refractivity contribution in [3.8, 4) is 23.3 Å². The van der Waals surface area contributed by atoms with E-state index in [-0.39, 0.29) is 34.6 Å². The minimum Gasteiger partial charge on any atom is -0.497 e. The minimum atomic E-state index is -0.591. The summed E-state index contributed by atoms with van der Waals surface area (Å²) in [6, 6.07) is 17.3. The Morgan fingerprint density at radius 3 is 2.41 bits per heavy atom. The molecule has 0 atom stereocenters. The Morgan fingerprint density at radius 1 is 1.03 bits per heavy atom. The average Bonchev–Trinajstić information content (AvgIpc) is 2.89. The van der Waals surface area contributed by atoms with Crippen LogP contribution in [0.25, 0.3) is 6.08 Å². The van der Waals surface area contributed by atoms with Gasteiger partial charge in [0.25, 0.3) is 11.8 Å². The molecule has 0 bridgehead atoms. The molecule has 0 aliphatic heterocycles. The van der Waals surface area contributed by atoms with Crippen molar-refractivity contribution in [2.45, 2.75) is 13.8 Å². The molecular formula is C28H26ClN3O5. The van der Waals surface area contributed by atoms with Gasteiger partial charge in [-0.1, -0.05) is 23.7 Å². The van der Waals surface area contributed by atoms with Crippen LogP contribution in [-0.4, -0.2) is 32.6 Å². The molecule has 37 heavy (non-hydrogen) atoms. The zero-order valence-corrected chi connectivity index (χ0v) is 21.6. The highest BCUT2D eigenvalue weighted by molar-refractivity contribution is 6.32. The van der Waals surface area contributed by atoms with Gasteiger partial charge in [-0.15, -0.1) is 0 Å². The summed E-state index contributed by atoms with van der Waals surface area (Å²) >= 11 is 6.41. The maximum absolute atomic E-state index is 12.6. The minimum absolute atomic E-state index is 0.143. The topological polar surface area (TPSA) is 110 Å². The van der Waals surface area contributed by atoms with Gasteiger partial charge in [0.1, 0.15) is 17.4 Å². The predicted octanol–water partition coefficient (Wildman–Crippen LogP) is 5.54. The molecule has 0 saturated carbocycles. The van der Waals surface area contributed by atoms with E-state index in [9.17, 15) is 14.9 Å². The normalized spacial score (nSPS) is 10.8. The zero-order chi connectivity index (χ0) is 26.9. The number of carbonyl (C=O) groups excluding carboxylic acids is 2. The molecule has 0 aromatic heterocycles. The Kier molecular flexibility index (Phi) is 9.14. The van der Waals surface area contributed by atoms with Crippen molar-refractivity contribution in [3.05, 3.63) is 81.9 Å². The lowest BCUT2D eigenvalue weighted by Crippen LogP contribution is -2.21. The number of nitrogens with zero attached hydrogens (tertiary/aromatic N) is 1. The summed E-state index contributed by atoms with van der Waals surface area (Å²) in [6.45, 7) is 3.58. The van der Waals surface area contributed by atoms with E-state index in [0.717, 1.165) is 11.1 Å². The molecule has 3 aromatic rings. The molecule has 0 saturated heterocycles. The van der Waals surface area contributed by atoms with Crippen molar-refractivity contribution in [2.24, 2.45) is 0 Å². The number of methoxy groups -OCH3 is 2. The van der Waals surface area contributed by atoms with E-state index >= 15 is 0 Å². The quantitative estimate of drug-likeness (QED) is 0.284. The third-order valence-electron chi connectivity index (χ3n) is 5.50. The van der Waals surface area contributed by atoms with Gasteiger partial charge in [-0.2, -0.15) is 5.26 Å². The summed E-state index contributed by atoms with van der Waals surface area (Å²) in [5.74, 6) is 0.0922. The summed E-state index contributed by atoms with van der Waals surface area (Å²) in [6.07, 6.45) is 1.38. The fourth-order valence-electron chi connectivity index (χ4n) is 3.36. The first-order valence-electron chi connectivity index (χ1n) is 11.2. The van der Waals surface area contributed by atoms with Gasteiger partial charge in [0.15, 0.2) is 18.1 Å². The highest BCUT2D eigenvalue weighted by Crippen LogP contribution is 2.37. The first kappa shape index (κ1) is 27.1. The highest BCUT2D eigenvalue weighted by atomic mass is 35.5. The molecule has 0 aliphatic rings. The smallest absolute Gasteiger partial charge is 0.266 e. The van der Waals surface area contributed by atoms with E-state index in [1.54, 1.807) is 37.4 Å². The van der Waals surface area contributed by atoms with Crippen molar-refractivity contribution in [1.29, 1.82) is 5.26 Å². The largest absolute Gasteiger partial charge is 0.497 e. The Labute approximate surface area is 220 Å². The SMILES string of the molecule is COc1ccc(NC(=O)/C(C#N)=C\c2cc(Cl)c(OCC(=O)Nc3cccc(C)c3C)c(OC)c2)cc1. The van der Waals surface area contributed by atoms with Crippen molar-refractivity contribution < 1.29 is 23.8 Å². The van der Waals surface area contributed by atoms with E-state index in [2.05, 4.69) is 10.6 Å². The number of anilines is 2. The molecule has 0 spiro atoms. The number of amides is 2. The fraction of sp³-hybridized carbons (Fsp3) is 0.179. The van der Waals surface area contributed by atoms with Crippen molar-refractivity contribution in [1.82, 2.24) is 0 Å². The number of carbonyl (C=O) groups is 2. The second-order valence-corrected chi connectivity index (χ2v) is 8.38. The van der Waals surface area contributed by atoms with Gasteiger partial charge in [0.2, 0.25) is 0 Å². The molecule has 0 radical (unpaired) electrons. The summed E-state index contributed by atoms with van der Waals surface area (Å²) < 4.78 is 16.1. The summed E-state index contributed by atoms with van der Waals surface area (Å²) in [5, 5.41) is 15.2. The summed E-state index contributed by atoms with van der Waals surface area (Å²) in [5.41, 5.74) is 3.52. The summed E-state index contributed by atoms with van der Waals surface area (Å²) in [7, 11) is 2.96. The van der Waals surface area contributed by atoms with Gasteiger partial charge in [0.05, 0.1) is 19.2 Å². The molecule has 0 fully saturated rings. The lowest BCUT2D eigenvalue weighted by Gasteiger charge is -2.14. The number of benzene rings is 3. The fourth-order valence-corrected chi connectivity index (χ4v) is 3.64. The second-order valence-electron chi connectivity index (χ2n) is 7.97. The number of ether oxygens (including phenoxy) is 3. The van der Waals surface area contributed by atoms with Gasteiger partial charge in [-0.25, -0.2) is 0 Å². The molecule has 0 aliphatic carbocycles. The molecular weight excluding hydrogens is 494 g/mol. The highest BCUT2D eigenvalue weighted by Gasteiger charge is 2.16. The molecule has 9 heteroatoms. The lowest BCUT2D eigenvalue weighted by atomic mass is 10.1. The Balaban J connectivity index is 1.73. The van der Waals surface area contributed by atoms with Crippen LogP contribution in [0, 0.1) is 25.2 Å². The molecule has 190 valence electrons. The molecule has 3 rings (SSSR count). The molecule has 2 amide bonds. The number of rotatable bonds is 9. The van der Waals surface area contributed by atoms with Crippen molar-refractivity contribution in [2.75, 3.05) is 31.5 Å². The molecule has 2 N–H and O–H groups in total. The van der Waals surface area contributed by atoms with Crippen molar-refractivity contribution >= 4 is 40.9 Å². The third kappa shape index (κ3) is 7.03. The third-order valence-corrected chi connectivity index (χ3v) is 5.78. The maximum atomic E-state index is 12.6. The van der Waals surface area contributed by atoms with E-state index < -0.39 is 5.91 Å². The van der Waals surface area contributed by atoms with E-state index in [4.69, 9.17) is 25.8 Å². The predicted molar refractivity (Wildman–Crippen MR) is 143 cm³/mol. The van der Waals surface area contributed by atoms with Gasteiger partial charge in [-0.3, -0.25) is 9.59 Å². The number of hydrogen-bond acceptors (Lipinski definition) is 6. The van der Waals surface area contributed by atoms with Crippen LogP contribution in [0.5, 0.6) is 17.2 Å². The maximum Gasteiger partial charge on any atom is 0.266 e. The average molecular weight is 520 g/mol. The van der Waals surface area contributed by atoms with Crippen LogP contribution < -0.4 is 24.8 Å². The molecule has 8 nitrogen and oxygen atoms in total. The zero-order valence-electron chi connectivity index (χ0n) is 20.8. The lowest BCUT2D eigenvalue weighted by molar-refractivity contribution is -0.118. The first-order valence-corrected chi connectivity index (χ1v) is 11.6. The van der Waals surface area contributed by atoms with Crippen LogP contribution in [0.3, 0.4) is 0 Å². The number of nitriles is 1. The van der Waals surface area contributed by atoms with Gasteiger partial charge in [0, 0.05) is 11.4 Å². The van der Waals surface area contributed by atoms with Gasteiger partial charge < -0.3 is 24.8 Å². The Bertz CT molecular complexity index is 1380. The van der Waals surface area contributed by atoms with E-state index in [0.29, 0.717) is 22.7 Å². The van der Waals surface area contributed by atoms with Gasteiger partial charge >= 0.3 is 0 Å². The second kappa shape index (κ2) is 12.5. The molecule has 3 aromatic carbocycles. The number of nitrogens with one attached hydrogen (secondary N) is 2. The molecule has 0 unspecified atom stereocenters. The standard InChI is InChI=1S/C28H26ClN3O5/c1-17-6-5-7-24(18(17)2)32-26(33)16-37-27-23(29)13-19(14-25(27)36-4)12-20(15-30)28(34)31-21-8-10-22(35-3)11-9-21/h5-14H,16H2,1-4H3,(H,31,34)(H,32,33)/b20-12-. The van der Waals surface area contributed by atoms with Crippen LogP contribution in [0.1, 0.15) is 16.7 Å². The van der Waals surface area contributed by atoms with Crippen LogP contribution >= 0.6 is 11.6 Å². The first-order chi connectivity index (χ1) is 17.7. The van der Waals surface area contributed by atoms with Crippen LogP contribution in [0.2, 0.25) is 5.02 Å². The van der Waals surface area contributed by atoms with Crippen LogP contribution in [0.4, 0.5) is 11.4 Å².